The van der Waals surface area contributed by atoms with Crippen molar-refractivity contribution < 1.29 is 4.74 Å². The molecule has 0 aliphatic heterocycles. The first-order valence-corrected chi connectivity index (χ1v) is 6.14. The van der Waals surface area contributed by atoms with Crippen molar-refractivity contribution in [3.63, 3.8) is 0 Å². The fraction of sp³-hybridized carbons (Fsp3) is 1.00. The smallest absolute Gasteiger partial charge is 0.0722 e. The Labute approximate surface area is 95.2 Å². The summed E-state index contributed by atoms with van der Waals surface area (Å²) in [5.41, 5.74) is 0. The molecule has 0 radical (unpaired) electrons. The van der Waals surface area contributed by atoms with Crippen LogP contribution >= 0.6 is 0 Å². The Morgan fingerprint density at radius 3 is 2.20 bits per heavy atom. The van der Waals surface area contributed by atoms with Gasteiger partial charge >= 0.3 is 0 Å². The van der Waals surface area contributed by atoms with Crippen LogP contribution in [0.25, 0.3) is 0 Å². The van der Waals surface area contributed by atoms with Crippen LogP contribution in [-0.4, -0.2) is 50.8 Å². The van der Waals surface area contributed by atoms with Crippen molar-refractivity contribution in [2.75, 3.05) is 39.8 Å². The fourth-order valence-corrected chi connectivity index (χ4v) is 1.56. The third-order valence-electron chi connectivity index (χ3n) is 2.78. The highest BCUT2D eigenvalue weighted by molar-refractivity contribution is 4.65. The molecule has 1 unspecified atom stereocenters. The summed E-state index contributed by atoms with van der Waals surface area (Å²) in [6.45, 7) is 13.8. The molecule has 0 amide bonds. The molecule has 0 aromatic carbocycles. The normalized spacial score (nSPS) is 13.8. The maximum atomic E-state index is 5.87. The van der Waals surface area contributed by atoms with Crippen LogP contribution < -0.4 is 5.32 Å². The average Bonchev–Trinajstić information content (AvgIpc) is 2.22. The lowest BCUT2D eigenvalue weighted by molar-refractivity contribution is 0.0133. The van der Waals surface area contributed by atoms with Crippen molar-refractivity contribution in [3.8, 4) is 0 Å². The number of hydrogen-bond acceptors (Lipinski definition) is 3. The summed E-state index contributed by atoms with van der Waals surface area (Å²) in [7, 11) is 1.98. The van der Waals surface area contributed by atoms with E-state index in [0.29, 0.717) is 12.0 Å². The van der Waals surface area contributed by atoms with Gasteiger partial charge in [-0.1, -0.05) is 27.7 Å². The zero-order valence-electron chi connectivity index (χ0n) is 11.0. The summed E-state index contributed by atoms with van der Waals surface area (Å²) in [6, 6.07) is 0. The summed E-state index contributed by atoms with van der Waals surface area (Å²) in [4.78, 5) is 2.39. The van der Waals surface area contributed by atoms with Gasteiger partial charge in [0.2, 0.25) is 0 Å². The van der Waals surface area contributed by atoms with Crippen molar-refractivity contribution in [1.29, 1.82) is 0 Å². The third-order valence-corrected chi connectivity index (χ3v) is 2.78. The van der Waals surface area contributed by atoms with Gasteiger partial charge in [-0.05, 0) is 26.1 Å². The molecule has 3 nitrogen and oxygen atoms in total. The van der Waals surface area contributed by atoms with E-state index in [1.807, 2.05) is 7.05 Å². The molecule has 0 rings (SSSR count). The first-order chi connectivity index (χ1) is 7.15. The zero-order chi connectivity index (χ0) is 11.7. The summed E-state index contributed by atoms with van der Waals surface area (Å²) >= 11 is 0. The molecule has 1 atom stereocenters. The molecule has 0 spiro atoms. The van der Waals surface area contributed by atoms with Gasteiger partial charge in [-0.3, -0.25) is 0 Å². The van der Waals surface area contributed by atoms with Crippen LogP contribution in [0.1, 0.15) is 27.7 Å². The second kappa shape index (κ2) is 9.13. The van der Waals surface area contributed by atoms with Crippen LogP contribution in [0, 0.1) is 5.92 Å². The molecule has 0 aromatic heterocycles. The Hall–Kier alpha value is -0.120. The van der Waals surface area contributed by atoms with Gasteiger partial charge in [0.05, 0.1) is 12.7 Å². The molecule has 92 valence electrons. The minimum absolute atomic E-state index is 0.338. The van der Waals surface area contributed by atoms with E-state index in [1.54, 1.807) is 0 Å². The lowest BCUT2D eigenvalue weighted by Crippen LogP contribution is -2.34. The van der Waals surface area contributed by atoms with Crippen LogP contribution in [0.3, 0.4) is 0 Å². The number of nitrogens with zero attached hydrogens (tertiary/aromatic N) is 1. The van der Waals surface area contributed by atoms with Crippen LogP contribution in [0.4, 0.5) is 0 Å². The van der Waals surface area contributed by atoms with E-state index in [1.165, 1.54) is 0 Å². The van der Waals surface area contributed by atoms with Gasteiger partial charge in [-0.25, -0.2) is 0 Å². The summed E-state index contributed by atoms with van der Waals surface area (Å²) in [5.74, 6) is 0.578. The highest BCUT2D eigenvalue weighted by Gasteiger charge is 2.12. The molecule has 0 aliphatic rings. The molecule has 0 fully saturated rings. The number of ether oxygens (including phenoxy) is 1. The number of rotatable bonds is 9. The van der Waals surface area contributed by atoms with Crippen LogP contribution in [0.5, 0.6) is 0 Å². The van der Waals surface area contributed by atoms with Crippen molar-refractivity contribution in [2.24, 2.45) is 5.92 Å². The monoisotopic (exact) mass is 216 g/mol. The largest absolute Gasteiger partial charge is 0.375 e. The van der Waals surface area contributed by atoms with Crippen LogP contribution in [0.15, 0.2) is 0 Å². The Bertz CT molecular complexity index is 136. The highest BCUT2D eigenvalue weighted by Crippen LogP contribution is 2.05. The topological polar surface area (TPSA) is 24.5 Å². The van der Waals surface area contributed by atoms with E-state index in [4.69, 9.17) is 4.74 Å². The van der Waals surface area contributed by atoms with Gasteiger partial charge in [0.15, 0.2) is 0 Å². The Balaban J connectivity index is 3.69. The summed E-state index contributed by atoms with van der Waals surface area (Å²) in [6.07, 6.45) is 0.338. The van der Waals surface area contributed by atoms with Crippen molar-refractivity contribution in [2.45, 2.75) is 33.8 Å². The molecule has 0 aliphatic carbocycles. The van der Waals surface area contributed by atoms with E-state index in [0.717, 1.165) is 32.8 Å². The molecular weight excluding hydrogens is 188 g/mol. The molecule has 0 saturated heterocycles. The lowest BCUT2D eigenvalue weighted by atomic mass is 10.1. The molecular formula is C12H28N2O. The van der Waals surface area contributed by atoms with E-state index < -0.39 is 0 Å². The molecule has 0 aromatic rings. The van der Waals surface area contributed by atoms with E-state index in [2.05, 4.69) is 37.9 Å². The maximum Gasteiger partial charge on any atom is 0.0722 e. The standard InChI is InChI=1S/C12H28N2O/c1-6-14(7-2)8-9-15-12(10-13-5)11(3)4/h11-13H,6-10H2,1-5H3. The molecule has 0 heterocycles. The van der Waals surface area contributed by atoms with Gasteiger partial charge in [-0.15, -0.1) is 0 Å². The predicted octanol–water partition coefficient (Wildman–Crippen LogP) is 1.59. The molecule has 15 heavy (non-hydrogen) atoms. The Morgan fingerprint density at radius 1 is 1.20 bits per heavy atom. The quantitative estimate of drug-likeness (QED) is 0.633. The second-order valence-electron chi connectivity index (χ2n) is 4.24. The van der Waals surface area contributed by atoms with E-state index in [9.17, 15) is 0 Å². The van der Waals surface area contributed by atoms with Crippen LogP contribution in [-0.2, 0) is 4.74 Å². The molecule has 0 saturated carbocycles. The van der Waals surface area contributed by atoms with Crippen molar-refractivity contribution in [1.82, 2.24) is 10.2 Å². The summed E-state index contributed by atoms with van der Waals surface area (Å²) < 4.78 is 5.87. The average molecular weight is 216 g/mol. The van der Waals surface area contributed by atoms with E-state index >= 15 is 0 Å². The minimum Gasteiger partial charge on any atom is -0.375 e. The summed E-state index contributed by atoms with van der Waals surface area (Å²) in [5, 5.41) is 3.18. The first-order valence-electron chi connectivity index (χ1n) is 6.14. The first kappa shape index (κ1) is 14.9. The Kier molecular flexibility index (Phi) is 9.06. The second-order valence-corrected chi connectivity index (χ2v) is 4.24. The number of nitrogens with one attached hydrogen (secondary N) is 1. The third kappa shape index (κ3) is 6.88. The van der Waals surface area contributed by atoms with Gasteiger partial charge < -0.3 is 15.0 Å². The SMILES string of the molecule is CCN(CC)CCOC(CNC)C(C)C. The van der Waals surface area contributed by atoms with E-state index in [-0.39, 0.29) is 0 Å². The minimum atomic E-state index is 0.338. The number of hydrogen-bond donors (Lipinski definition) is 1. The zero-order valence-corrected chi connectivity index (χ0v) is 11.0. The Morgan fingerprint density at radius 2 is 1.80 bits per heavy atom. The van der Waals surface area contributed by atoms with Gasteiger partial charge in [-0.2, -0.15) is 0 Å². The number of likely N-dealkylation sites (N-methyl/N-ethyl adjacent to an activating group) is 2. The van der Waals surface area contributed by atoms with Crippen LogP contribution in [0.2, 0.25) is 0 Å². The lowest BCUT2D eigenvalue weighted by Gasteiger charge is -2.24. The molecule has 0 bridgehead atoms. The van der Waals surface area contributed by atoms with Gasteiger partial charge in [0.1, 0.15) is 0 Å². The molecule has 1 N–H and O–H groups in total. The molecule has 3 heteroatoms. The predicted molar refractivity (Wildman–Crippen MR) is 66.3 cm³/mol. The highest BCUT2D eigenvalue weighted by atomic mass is 16.5. The van der Waals surface area contributed by atoms with Crippen molar-refractivity contribution >= 4 is 0 Å². The van der Waals surface area contributed by atoms with Gasteiger partial charge in [0.25, 0.3) is 0 Å². The maximum absolute atomic E-state index is 5.87. The van der Waals surface area contributed by atoms with Crippen molar-refractivity contribution in [3.05, 3.63) is 0 Å². The van der Waals surface area contributed by atoms with Gasteiger partial charge in [0, 0.05) is 13.1 Å². The fourth-order valence-electron chi connectivity index (χ4n) is 1.56.